The van der Waals surface area contributed by atoms with Crippen molar-refractivity contribution >= 4 is 33.2 Å². The molecule has 1 fully saturated rings. The van der Waals surface area contributed by atoms with Crippen molar-refractivity contribution in [3.63, 3.8) is 0 Å². The van der Waals surface area contributed by atoms with Crippen LogP contribution in [-0.2, 0) is 21.4 Å². The van der Waals surface area contributed by atoms with Gasteiger partial charge in [-0.25, -0.2) is 12.7 Å². The summed E-state index contributed by atoms with van der Waals surface area (Å²) >= 11 is 5.67. The standard InChI is InChI=1S/C11H11ClN2O5S/c1-11(2)10(15)13(20(11,18)19)6-7-3-4-8(12)9(5-7)14(16)17/h3-5H,6H2,1-2H3. The van der Waals surface area contributed by atoms with E-state index in [0.29, 0.717) is 9.87 Å². The van der Waals surface area contributed by atoms with E-state index in [0.717, 1.165) is 6.07 Å². The third-order valence-corrected chi connectivity index (χ3v) is 5.87. The van der Waals surface area contributed by atoms with E-state index in [4.69, 9.17) is 11.6 Å². The Balaban J connectivity index is 2.31. The van der Waals surface area contributed by atoms with Gasteiger partial charge in [0.2, 0.25) is 0 Å². The minimum Gasteiger partial charge on any atom is -0.272 e. The number of nitro groups is 1. The third kappa shape index (κ3) is 1.95. The summed E-state index contributed by atoms with van der Waals surface area (Å²) in [5.41, 5.74) is 0.00215. The molecule has 0 aliphatic carbocycles. The van der Waals surface area contributed by atoms with Crippen LogP contribution in [0.4, 0.5) is 5.69 Å². The van der Waals surface area contributed by atoms with E-state index < -0.39 is 25.6 Å². The summed E-state index contributed by atoms with van der Waals surface area (Å²) in [6.07, 6.45) is 0. The zero-order valence-electron chi connectivity index (χ0n) is 10.7. The Hall–Kier alpha value is -1.67. The Morgan fingerprint density at radius 3 is 2.50 bits per heavy atom. The summed E-state index contributed by atoms with van der Waals surface area (Å²) in [7, 11) is -3.71. The summed E-state index contributed by atoms with van der Waals surface area (Å²) in [6.45, 7) is 2.42. The molecule has 0 atom stereocenters. The number of carbonyl (C=O) groups excluding carboxylic acids is 1. The number of carbonyl (C=O) groups is 1. The number of nitro benzene ring substituents is 1. The number of amides is 1. The van der Waals surface area contributed by atoms with Crippen LogP contribution in [-0.4, -0.2) is 28.3 Å². The second-order valence-electron chi connectivity index (χ2n) is 4.87. The molecule has 1 aromatic carbocycles. The maximum atomic E-state index is 11.9. The molecule has 0 aromatic heterocycles. The van der Waals surface area contributed by atoms with E-state index in [-0.39, 0.29) is 17.3 Å². The van der Waals surface area contributed by atoms with Crippen molar-refractivity contribution in [1.29, 1.82) is 0 Å². The lowest BCUT2D eigenvalue weighted by atomic mass is 10.1. The molecule has 1 heterocycles. The van der Waals surface area contributed by atoms with Crippen LogP contribution in [0.15, 0.2) is 18.2 Å². The van der Waals surface area contributed by atoms with Crippen molar-refractivity contribution in [1.82, 2.24) is 4.31 Å². The highest BCUT2D eigenvalue weighted by atomic mass is 35.5. The van der Waals surface area contributed by atoms with Gasteiger partial charge in [0.05, 0.1) is 11.5 Å². The van der Waals surface area contributed by atoms with Gasteiger partial charge in [0, 0.05) is 6.07 Å². The van der Waals surface area contributed by atoms with Gasteiger partial charge in [-0.3, -0.25) is 14.9 Å². The molecule has 9 heteroatoms. The molecule has 0 N–H and O–H groups in total. The molecule has 0 unspecified atom stereocenters. The molecule has 108 valence electrons. The molecule has 1 saturated heterocycles. The highest BCUT2D eigenvalue weighted by Gasteiger charge is 2.59. The fourth-order valence-corrected chi connectivity index (χ4v) is 3.58. The molecule has 1 aliphatic rings. The second kappa shape index (κ2) is 4.42. The summed E-state index contributed by atoms with van der Waals surface area (Å²) in [4.78, 5) is 21.9. The molecule has 1 amide bonds. The molecule has 20 heavy (non-hydrogen) atoms. The van der Waals surface area contributed by atoms with E-state index in [2.05, 4.69) is 0 Å². The fraction of sp³-hybridized carbons (Fsp3) is 0.364. The molecule has 0 radical (unpaired) electrons. The molecular weight excluding hydrogens is 308 g/mol. The highest BCUT2D eigenvalue weighted by molar-refractivity contribution is 7.94. The Labute approximate surface area is 120 Å². The van der Waals surface area contributed by atoms with E-state index >= 15 is 0 Å². The van der Waals surface area contributed by atoms with Gasteiger partial charge in [-0.2, -0.15) is 0 Å². The van der Waals surface area contributed by atoms with Crippen LogP contribution in [0.3, 0.4) is 0 Å². The quantitative estimate of drug-likeness (QED) is 0.624. The summed E-state index contributed by atoms with van der Waals surface area (Å²) in [5.74, 6) is -0.532. The summed E-state index contributed by atoms with van der Waals surface area (Å²) in [5, 5.41) is 10.7. The molecule has 2 rings (SSSR count). The second-order valence-corrected chi connectivity index (χ2v) is 7.69. The van der Waals surface area contributed by atoms with Gasteiger partial charge in [-0.05, 0) is 25.5 Å². The maximum absolute atomic E-state index is 11.9. The van der Waals surface area contributed by atoms with Crippen LogP contribution in [0.5, 0.6) is 0 Å². The average Bonchev–Trinajstić information content (AvgIpc) is 2.36. The summed E-state index contributed by atoms with van der Waals surface area (Å²) in [6, 6.07) is 3.91. The number of hydrogen-bond acceptors (Lipinski definition) is 5. The number of nitrogens with zero attached hydrogens (tertiary/aromatic N) is 2. The van der Waals surface area contributed by atoms with Crippen molar-refractivity contribution < 1.29 is 18.1 Å². The highest BCUT2D eigenvalue weighted by Crippen LogP contribution is 2.36. The van der Waals surface area contributed by atoms with Gasteiger partial charge in [-0.15, -0.1) is 0 Å². The van der Waals surface area contributed by atoms with Crippen LogP contribution in [0.1, 0.15) is 19.4 Å². The molecular formula is C11H11ClN2O5S. The van der Waals surface area contributed by atoms with E-state index in [1.807, 2.05) is 0 Å². The first-order chi connectivity index (χ1) is 9.09. The molecule has 0 bridgehead atoms. The minimum atomic E-state index is -3.71. The third-order valence-electron chi connectivity index (χ3n) is 3.21. The van der Waals surface area contributed by atoms with E-state index in [9.17, 15) is 23.3 Å². The van der Waals surface area contributed by atoms with Gasteiger partial charge < -0.3 is 0 Å². The number of halogens is 1. The van der Waals surface area contributed by atoms with Crippen LogP contribution < -0.4 is 0 Å². The Morgan fingerprint density at radius 2 is 2.00 bits per heavy atom. The molecule has 7 nitrogen and oxygen atoms in total. The van der Waals surface area contributed by atoms with Crippen LogP contribution >= 0.6 is 11.6 Å². The first-order valence-corrected chi connectivity index (χ1v) is 7.40. The fourth-order valence-electron chi connectivity index (χ4n) is 1.88. The van der Waals surface area contributed by atoms with Gasteiger partial charge in [0.25, 0.3) is 21.6 Å². The van der Waals surface area contributed by atoms with Gasteiger partial charge >= 0.3 is 0 Å². The lowest BCUT2D eigenvalue weighted by Crippen LogP contribution is -2.66. The Kier molecular flexibility index (Phi) is 3.26. The smallest absolute Gasteiger partial charge is 0.272 e. The summed E-state index contributed by atoms with van der Waals surface area (Å²) < 4.78 is 23.1. The van der Waals surface area contributed by atoms with Crippen molar-refractivity contribution in [2.45, 2.75) is 25.1 Å². The molecule has 1 aliphatic heterocycles. The number of benzene rings is 1. The predicted octanol–water partition coefficient (Wildman–Crippen LogP) is 1.70. The van der Waals surface area contributed by atoms with Gasteiger partial charge in [0.15, 0.2) is 4.75 Å². The first-order valence-electron chi connectivity index (χ1n) is 5.58. The predicted molar refractivity (Wildman–Crippen MR) is 71.7 cm³/mol. The van der Waals surface area contributed by atoms with E-state index in [1.54, 1.807) is 0 Å². The van der Waals surface area contributed by atoms with Crippen molar-refractivity contribution in [3.8, 4) is 0 Å². The lowest BCUT2D eigenvalue weighted by molar-refractivity contribution is -0.384. The van der Waals surface area contributed by atoms with Crippen molar-refractivity contribution in [2.24, 2.45) is 0 Å². The van der Waals surface area contributed by atoms with Crippen LogP contribution in [0.2, 0.25) is 5.02 Å². The zero-order valence-corrected chi connectivity index (χ0v) is 12.2. The SMILES string of the molecule is CC1(C)C(=O)N(Cc2ccc(Cl)c([N+](=O)[O-])c2)S1(=O)=O. The molecule has 1 aromatic rings. The van der Waals surface area contributed by atoms with Gasteiger partial charge in [0.1, 0.15) is 5.02 Å². The maximum Gasteiger partial charge on any atom is 0.288 e. The van der Waals surface area contributed by atoms with Crippen molar-refractivity contribution in [3.05, 3.63) is 38.9 Å². The Morgan fingerprint density at radius 1 is 1.40 bits per heavy atom. The van der Waals surface area contributed by atoms with E-state index in [1.165, 1.54) is 26.0 Å². The number of rotatable bonds is 3. The zero-order chi connectivity index (χ0) is 15.3. The normalized spacial score (nSPS) is 19.6. The minimum absolute atomic E-state index is 0.0446. The van der Waals surface area contributed by atoms with Crippen LogP contribution in [0.25, 0.3) is 0 Å². The van der Waals surface area contributed by atoms with Gasteiger partial charge in [-0.1, -0.05) is 17.7 Å². The lowest BCUT2D eigenvalue weighted by Gasteiger charge is -2.43. The van der Waals surface area contributed by atoms with Crippen molar-refractivity contribution in [2.75, 3.05) is 0 Å². The monoisotopic (exact) mass is 318 g/mol. The molecule has 0 spiro atoms. The average molecular weight is 319 g/mol. The topological polar surface area (TPSA) is 97.6 Å². The first kappa shape index (κ1) is 14.7. The number of hydrogen-bond donors (Lipinski definition) is 0. The Bertz CT molecular complexity index is 714. The largest absolute Gasteiger partial charge is 0.288 e. The number of sulfonamides is 1. The molecule has 0 saturated carbocycles. The van der Waals surface area contributed by atoms with Crippen LogP contribution in [0, 0.1) is 10.1 Å².